The van der Waals surface area contributed by atoms with Gasteiger partial charge >= 0.3 is 0 Å². The van der Waals surface area contributed by atoms with Gasteiger partial charge in [-0.05, 0) is 42.0 Å². The molecule has 3 aromatic rings. The molecule has 1 aliphatic rings. The molecule has 23 heavy (non-hydrogen) atoms. The third-order valence-electron chi connectivity index (χ3n) is 3.79. The molecule has 0 saturated heterocycles. The molecule has 0 bridgehead atoms. The maximum Gasteiger partial charge on any atom is 0.226 e. The van der Waals surface area contributed by atoms with E-state index >= 15 is 0 Å². The number of nitrogens with one attached hydrogen (secondary N) is 1. The Balaban J connectivity index is 1.83. The predicted molar refractivity (Wildman–Crippen MR) is 82.6 cm³/mol. The molecule has 0 aliphatic carbocycles. The first-order valence-electron chi connectivity index (χ1n) is 7.11. The monoisotopic (exact) mass is 310 g/mol. The molecule has 1 aliphatic heterocycles. The highest BCUT2D eigenvalue weighted by Crippen LogP contribution is 2.32. The molecule has 114 valence electrons. The first-order valence-corrected chi connectivity index (χ1v) is 7.11. The normalized spacial score (nSPS) is 16.4. The Hall–Kier alpha value is -3.02. The fourth-order valence-electron chi connectivity index (χ4n) is 2.67. The minimum Gasteiger partial charge on any atom is -0.324 e. The van der Waals surface area contributed by atoms with Crippen LogP contribution in [-0.4, -0.2) is 14.8 Å². The number of halogens is 2. The molecule has 1 atom stereocenters. The lowest BCUT2D eigenvalue weighted by Crippen LogP contribution is -2.21. The van der Waals surface area contributed by atoms with Crippen LogP contribution in [0.25, 0.3) is 5.70 Å². The highest BCUT2D eigenvalue weighted by atomic mass is 19.1. The Labute approximate surface area is 131 Å². The van der Waals surface area contributed by atoms with Crippen molar-refractivity contribution in [2.24, 2.45) is 0 Å². The van der Waals surface area contributed by atoms with Crippen LogP contribution < -0.4 is 5.32 Å². The molecular formula is C17H12F2N4. The summed E-state index contributed by atoms with van der Waals surface area (Å²) in [6.45, 7) is 0. The molecule has 4 rings (SSSR count). The van der Waals surface area contributed by atoms with Gasteiger partial charge in [-0.2, -0.15) is 10.1 Å². The molecule has 6 heteroatoms. The van der Waals surface area contributed by atoms with E-state index in [9.17, 15) is 8.78 Å². The van der Waals surface area contributed by atoms with E-state index in [2.05, 4.69) is 15.4 Å². The van der Waals surface area contributed by atoms with Crippen molar-refractivity contribution in [3.8, 4) is 0 Å². The predicted octanol–water partition coefficient (Wildman–Crippen LogP) is 3.61. The van der Waals surface area contributed by atoms with Gasteiger partial charge in [0.25, 0.3) is 0 Å². The minimum atomic E-state index is -0.421. The van der Waals surface area contributed by atoms with E-state index in [-0.39, 0.29) is 11.6 Å². The molecule has 4 nitrogen and oxygen atoms in total. The van der Waals surface area contributed by atoms with Gasteiger partial charge in [-0.1, -0.05) is 18.2 Å². The van der Waals surface area contributed by atoms with E-state index in [4.69, 9.17) is 0 Å². The fraction of sp³-hybridized carbons (Fsp3) is 0.0588. The summed E-state index contributed by atoms with van der Waals surface area (Å²) >= 11 is 0. The van der Waals surface area contributed by atoms with Crippen LogP contribution in [0.5, 0.6) is 0 Å². The summed E-state index contributed by atoms with van der Waals surface area (Å²) in [5.41, 5.74) is 2.03. The van der Waals surface area contributed by atoms with Crippen LogP contribution in [0, 0.1) is 11.6 Å². The number of benzene rings is 2. The van der Waals surface area contributed by atoms with Crippen molar-refractivity contribution < 1.29 is 8.78 Å². The maximum absolute atomic E-state index is 14.2. The van der Waals surface area contributed by atoms with Crippen molar-refractivity contribution in [3.05, 3.63) is 83.7 Å². The average molecular weight is 310 g/mol. The molecule has 2 aromatic carbocycles. The second-order valence-corrected chi connectivity index (χ2v) is 5.21. The van der Waals surface area contributed by atoms with E-state index in [1.807, 2.05) is 6.08 Å². The van der Waals surface area contributed by atoms with E-state index < -0.39 is 6.04 Å². The number of aromatic nitrogens is 3. The van der Waals surface area contributed by atoms with Gasteiger partial charge in [-0.3, -0.25) is 0 Å². The van der Waals surface area contributed by atoms with Gasteiger partial charge in [0.05, 0.1) is 0 Å². The van der Waals surface area contributed by atoms with Crippen LogP contribution in [0.3, 0.4) is 0 Å². The Morgan fingerprint density at radius 3 is 2.57 bits per heavy atom. The largest absolute Gasteiger partial charge is 0.324 e. The summed E-state index contributed by atoms with van der Waals surface area (Å²) < 4.78 is 28.9. The van der Waals surface area contributed by atoms with Crippen molar-refractivity contribution in [2.75, 3.05) is 5.32 Å². The lowest BCUT2D eigenvalue weighted by Gasteiger charge is -2.24. The molecule has 0 spiro atoms. The van der Waals surface area contributed by atoms with Crippen molar-refractivity contribution >= 4 is 11.6 Å². The summed E-state index contributed by atoms with van der Waals surface area (Å²) in [6.07, 6.45) is 3.27. The van der Waals surface area contributed by atoms with Crippen molar-refractivity contribution in [3.63, 3.8) is 0 Å². The van der Waals surface area contributed by atoms with Gasteiger partial charge < -0.3 is 5.32 Å². The minimum absolute atomic E-state index is 0.306. The average Bonchev–Trinajstić information content (AvgIpc) is 3.04. The second-order valence-electron chi connectivity index (χ2n) is 5.21. The molecule has 0 amide bonds. The second kappa shape index (κ2) is 5.31. The number of anilines is 1. The third-order valence-corrected chi connectivity index (χ3v) is 3.79. The van der Waals surface area contributed by atoms with Crippen molar-refractivity contribution in [1.29, 1.82) is 0 Å². The Kier molecular flexibility index (Phi) is 3.15. The van der Waals surface area contributed by atoms with Gasteiger partial charge in [0.2, 0.25) is 5.95 Å². The Bertz CT molecular complexity index is 884. The van der Waals surface area contributed by atoms with Gasteiger partial charge in [-0.15, -0.1) is 0 Å². The summed E-state index contributed by atoms with van der Waals surface area (Å²) in [7, 11) is 0. The molecule has 0 saturated carbocycles. The van der Waals surface area contributed by atoms with Crippen LogP contribution >= 0.6 is 0 Å². The SMILES string of the molecule is Fc1ccc(C2=CC(c3ccccc3F)n3ncnc3N2)cc1. The molecular weight excluding hydrogens is 298 g/mol. The van der Waals surface area contributed by atoms with Gasteiger partial charge in [0, 0.05) is 11.3 Å². The first-order chi connectivity index (χ1) is 11.2. The van der Waals surface area contributed by atoms with E-state index in [0.29, 0.717) is 11.5 Å². The summed E-state index contributed by atoms with van der Waals surface area (Å²) in [4.78, 5) is 4.16. The lowest BCUT2D eigenvalue weighted by molar-refractivity contribution is 0.551. The molecule has 0 fully saturated rings. The van der Waals surface area contributed by atoms with Gasteiger partial charge in [0.1, 0.15) is 24.0 Å². The molecule has 0 radical (unpaired) electrons. The Morgan fingerprint density at radius 2 is 1.78 bits per heavy atom. The maximum atomic E-state index is 14.2. The van der Waals surface area contributed by atoms with E-state index in [1.165, 1.54) is 24.5 Å². The van der Waals surface area contributed by atoms with E-state index in [1.54, 1.807) is 35.0 Å². The smallest absolute Gasteiger partial charge is 0.226 e. The lowest BCUT2D eigenvalue weighted by atomic mass is 10.0. The highest BCUT2D eigenvalue weighted by Gasteiger charge is 2.25. The zero-order valence-electron chi connectivity index (χ0n) is 11.9. The number of allylic oxidation sites excluding steroid dienone is 1. The van der Waals surface area contributed by atoms with Crippen molar-refractivity contribution in [1.82, 2.24) is 14.8 Å². The van der Waals surface area contributed by atoms with Crippen LogP contribution in [0.2, 0.25) is 0 Å². The fourth-order valence-corrected chi connectivity index (χ4v) is 2.67. The molecule has 1 aromatic heterocycles. The summed E-state index contributed by atoms with van der Waals surface area (Å²) in [6, 6.07) is 12.2. The molecule has 1 unspecified atom stereocenters. The number of fused-ring (bicyclic) bond motifs is 1. The number of hydrogen-bond donors (Lipinski definition) is 1. The molecule has 1 N–H and O–H groups in total. The summed E-state index contributed by atoms with van der Waals surface area (Å²) in [5, 5.41) is 7.31. The highest BCUT2D eigenvalue weighted by molar-refractivity contribution is 5.77. The van der Waals surface area contributed by atoms with Crippen LogP contribution in [0.15, 0.2) is 60.9 Å². The van der Waals surface area contributed by atoms with E-state index in [0.717, 1.165) is 11.3 Å². The van der Waals surface area contributed by atoms with Crippen LogP contribution in [-0.2, 0) is 0 Å². The Morgan fingerprint density at radius 1 is 1.00 bits per heavy atom. The number of nitrogens with zero attached hydrogens (tertiary/aromatic N) is 3. The zero-order valence-corrected chi connectivity index (χ0v) is 11.9. The topological polar surface area (TPSA) is 42.7 Å². The quantitative estimate of drug-likeness (QED) is 0.786. The standard InChI is InChI=1S/C17H12F2N4/c18-12-7-5-11(6-8-12)15-9-16(13-3-1-2-4-14(13)19)23-17(22-15)20-10-21-23/h1-10,16H,(H,20,21,22). The number of hydrogen-bond acceptors (Lipinski definition) is 3. The van der Waals surface area contributed by atoms with Crippen LogP contribution in [0.1, 0.15) is 17.2 Å². The van der Waals surface area contributed by atoms with Crippen LogP contribution in [0.4, 0.5) is 14.7 Å². The first kappa shape index (κ1) is 13.6. The zero-order chi connectivity index (χ0) is 15.8. The van der Waals surface area contributed by atoms with Gasteiger partial charge in [-0.25, -0.2) is 13.5 Å². The summed E-state index contributed by atoms with van der Waals surface area (Å²) in [5.74, 6) is -0.102. The van der Waals surface area contributed by atoms with Gasteiger partial charge in [0.15, 0.2) is 0 Å². The third kappa shape index (κ3) is 2.38. The van der Waals surface area contributed by atoms with Crippen molar-refractivity contribution in [2.45, 2.75) is 6.04 Å². The number of rotatable bonds is 2. The molecule has 2 heterocycles.